The second kappa shape index (κ2) is 9.07. The number of hydrogen-bond donors (Lipinski definition) is 2. The van der Waals surface area contributed by atoms with Gasteiger partial charge in [-0.15, -0.1) is 0 Å². The maximum atomic E-state index is 12.1. The lowest BCUT2D eigenvalue weighted by atomic mass is 10.2. The fraction of sp³-hybridized carbons (Fsp3) is 0.571. The number of rotatable bonds is 10. The number of hydrogen-bond acceptors (Lipinski definition) is 4. The normalized spacial score (nSPS) is 11.7. The van der Waals surface area contributed by atoms with E-state index in [2.05, 4.69) is 17.0 Å². The average molecular weight is 300 g/mol. The standard InChI is InChI=1S/C14H24N2O3S/c1-3-8-15-12-13-6-4-7-14(11-13)20(17,18)16-9-5-10-19-2/h4,6-7,11,15-16H,3,5,8-10,12H2,1-2H3. The van der Waals surface area contributed by atoms with E-state index in [1.165, 1.54) is 0 Å². The van der Waals surface area contributed by atoms with Gasteiger partial charge in [0, 0.05) is 26.8 Å². The van der Waals surface area contributed by atoms with Crippen LogP contribution in [0.2, 0.25) is 0 Å². The lowest BCUT2D eigenvalue weighted by Crippen LogP contribution is -2.25. The topological polar surface area (TPSA) is 67.4 Å². The second-order valence-electron chi connectivity index (χ2n) is 4.57. The Balaban J connectivity index is 2.62. The molecule has 114 valence electrons. The van der Waals surface area contributed by atoms with E-state index in [0.29, 0.717) is 31.0 Å². The molecule has 0 aliphatic rings. The van der Waals surface area contributed by atoms with Crippen LogP contribution >= 0.6 is 0 Å². The molecule has 1 aromatic rings. The van der Waals surface area contributed by atoms with Crippen molar-refractivity contribution in [1.82, 2.24) is 10.0 Å². The second-order valence-corrected chi connectivity index (χ2v) is 6.34. The van der Waals surface area contributed by atoms with Gasteiger partial charge in [-0.25, -0.2) is 13.1 Å². The molecule has 0 radical (unpaired) electrons. The minimum absolute atomic E-state index is 0.311. The number of ether oxygens (including phenoxy) is 1. The molecule has 0 saturated heterocycles. The van der Waals surface area contributed by atoms with E-state index in [9.17, 15) is 8.42 Å². The van der Waals surface area contributed by atoms with Crippen LogP contribution in [-0.4, -0.2) is 35.2 Å². The summed E-state index contributed by atoms with van der Waals surface area (Å²) in [6.07, 6.45) is 1.71. The van der Waals surface area contributed by atoms with Crippen molar-refractivity contribution in [3.8, 4) is 0 Å². The zero-order valence-electron chi connectivity index (χ0n) is 12.2. The van der Waals surface area contributed by atoms with Gasteiger partial charge in [-0.05, 0) is 37.1 Å². The molecule has 1 rings (SSSR count). The quantitative estimate of drug-likeness (QED) is 0.643. The first kappa shape index (κ1) is 17.1. The summed E-state index contributed by atoms with van der Waals surface area (Å²) in [6.45, 7) is 4.63. The van der Waals surface area contributed by atoms with E-state index in [-0.39, 0.29) is 0 Å². The number of methoxy groups -OCH3 is 1. The molecule has 0 bridgehead atoms. The zero-order chi connectivity index (χ0) is 14.8. The fourth-order valence-corrected chi connectivity index (χ4v) is 2.88. The molecule has 0 atom stereocenters. The van der Waals surface area contributed by atoms with Gasteiger partial charge in [0.05, 0.1) is 4.90 Å². The minimum atomic E-state index is -3.43. The van der Waals surface area contributed by atoms with Crippen LogP contribution in [0.4, 0.5) is 0 Å². The summed E-state index contributed by atoms with van der Waals surface area (Å²) < 4.78 is 31.7. The monoisotopic (exact) mass is 300 g/mol. The van der Waals surface area contributed by atoms with Crippen LogP contribution in [0.1, 0.15) is 25.3 Å². The van der Waals surface area contributed by atoms with Crippen LogP contribution in [0.5, 0.6) is 0 Å². The largest absolute Gasteiger partial charge is 0.385 e. The van der Waals surface area contributed by atoms with Crippen LogP contribution in [0.3, 0.4) is 0 Å². The predicted molar refractivity (Wildman–Crippen MR) is 80.1 cm³/mol. The summed E-state index contributed by atoms with van der Waals surface area (Å²) >= 11 is 0. The van der Waals surface area contributed by atoms with E-state index in [0.717, 1.165) is 18.5 Å². The number of sulfonamides is 1. The smallest absolute Gasteiger partial charge is 0.240 e. The lowest BCUT2D eigenvalue weighted by molar-refractivity contribution is 0.196. The summed E-state index contributed by atoms with van der Waals surface area (Å²) in [7, 11) is -1.83. The number of benzene rings is 1. The molecule has 5 nitrogen and oxygen atoms in total. The first-order valence-corrected chi connectivity index (χ1v) is 8.36. The SMILES string of the molecule is CCCNCc1cccc(S(=O)(=O)NCCCOC)c1. The summed E-state index contributed by atoms with van der Waals surface area (Å²) in [5, 5.41) is 3.26. The molecule has 20 heavy (non-hydrogen) atoms. The van der Waals surface area contributed by atoms with Crippen molar-refractivity contribution >= 4 is 10.0 Å². The molecule has 6 heteroatoms. The first-order chi connectivity index (χ1) is 9.60. The van der Waals surface area contributed by atoms with Gasteiger partial charge in [-0.1, -0.05) is 19.1 Å². The molecule has 0 saturated carbocycles. The Hall–Kier alpha value is -0.950. The Bertz CT molecular complexity index is 489. The Morgan fingerprint density at radius 3 is 2.75 bits per heavy atom. The first-order valence-electron chi connectivity index (χ1n) is 6.88. The van der Waals surface area contributed by atoms with Crippen LogP contribution in [0.15, 0.2) is 29.2 Å². The zero-order valence-corrected chi connectivity index (χ0v) is 13.0. The van der Waals surface area contributed by atoms with Gasteiger partial charge < -0.3 is 10.1 Å². The Morgan fingerprint density at radius 1 is 1.25 bits per heavy atom. The molecule has 0 aliphatic carbocycles. The predicted octanol–water partition coefficient (Wildman–Crippen LogP) is 1.50. The van der Waals surface area contributed by atoms with Crippen molar-refractivity contribution in [3.05, 3.63) is 29.8 Å². The van der Waals surface area contributed by atoms with Gasteiger partial charge in [0.15, 0.2) is 0 Å². The van der Waals surface area contributed by atoms with E-state index in [1.54, 1.807) is 25.3 Å². The highest BCUT2D eigenvalue weighted by Gasteiger charge is 2.13. The van der Waals surface area contributed by atoms with Crippen molar-refractivity contribution < 1.29 is 13.2 Å². The molecule has 0 fully saturated rings. The molecular formula is C14H24N2O3S. The number of nitrogens with one attached hydrogen (secondary N) is 2. The minimum Gasteiger partial charge on any atom is -0.385 e. The molecule has 1 aromatic carbocycles. The fourth-order valence-electron chi connectivity index (χ4n) is 1.74. The average Bonchev–Trinajstić information content (AvgIpc) is 2.44. The van der Waals surface area contributed by atoms with Gasteiger partial charge in [0.25, 0.3) is 0 Å². The van der Waals surface area contributed by atoms with Crippen molar-refractivity contribution in [2.45, 2.75) is 31.2 Å². The molecule has 2 N–H and O–H groups in total. The van der Waals surface area contributed by atoms with Crippen LogP contribution in [0, 0.1) is 0 Å². The highest BCUT2D eigenvalue weighted by atomic mass is 32.2. The van der Waals surface area contributed by atoms with E-state index in [1.807, 2.05) is 6.07 Å². The summed E-state index contributed by atoms with van der Waals surface area (Å²) in [6, 6.07) is 7.02. The van der Waals surface area contributed by atoms with Crippen LogP contribution in [-0.2, 0) is 21.3 Å². The van der Waals surface area contributed by atoms with Gasteiger partial charge in [0.2, 0.25) is 10.0 Å². The molecule has 0 heterocycles. The van der Waals surface area contributed by atoms with Gasteiger partial charge >= 0.3 is 0 Å². The third kappa shape index (κ3) is 6.00. The Labute approximate surface area is 121 Å². The summed E-state index contributed by atoms with van der Waals surface area (Å²) in [5.74, 6) is 0. The molecule has 0 amide bonds. The van der Waals surface area contributed by atoms with Crippen molar-refractivity contribution in [2.24, 2.45) is 0 Å². The maximum Gasteiger partial charge on any atom is 0.240 e. The summed E-state index contributed by atoms with van der Waals surface area (Å²) in [5.41, 5.74) is 0.971. The molecule has 0 aliphatic heterocycles. The lowest BCUT2D eigenvalue weighted by Gasteiger charge is -2.09. The Morgan fingerprint density at radius 2 is 2.05 bits per heavy atom. The van der Waals surface area contributed by atoms with Gasteiger partial charge in [-0.2, -0.15) is 0 Å². The third-order valence-electron chi connectivity index (χ3n) is 2.78. The molecule has 0 spiro atoms. The highest BCUT2D eigenvalue weighted by molar-refractivity contribution is 7.89. The molecule has 0 unspecified atom stereocenters. The van der Waals surface area contributed by atoms with Crippen molar-refractivity contribution in [3.63, 3.8) is 0 Å². The highest BCUT2D eigenvalue weighted by Crippen LogP contribution is 2.11. The van der Waals surface area contributed by atoms with E-state index >= 15 is 0 Å². The molecule has 0 aromatic heterocycles. The third-order valence-corrected chi connectivity index (χ3v) is 4.24. The van der Waals surface area contributed by atoms with Gasteiger partial charge in [0.1, 0.15) is 0 Å². The maximum absolute atomic E-state index is 12.1. The summed E-state index contributed by atoms with van der Waals surface area (Å²) in [4.78, 5) is 0.311. The van der Waals surface area contributed by atoms with E-state index < -0.39 is 10.0 Å². The van der Waals surface area contributed by atoms with Crippen molar-refractivity contribution in [2.75, 3.05) is 26.8 Å². The van der Waals surface area contributed by atoms with E-state index in [4.69, 9.17) is 4.74 Å². The van der Waals surface area contributed by atoms with Crippen LogP contribution < -0.4 is 10.0 Å². The molecular weight excluding hydrogens is 276 g/mol. The van der Waals surface area contributed by atoms with Crippen LogP contribution in [0.25, 0.3) is 0 Å². The van der Waals surface area contributed by atoms with Crippen molar-refractivity contribution in [1.29, 1.82) is 0 Å². The Kier molecular flexibility index (Phi) is 7.76. The van der Waals surface area contributed by atoms with Gasteiger partial charge in [-0.3, -0.25) is 0 Å².